The lowest BCUT2D eigenvalue weighted by molar-refractivity contribution is -0.143. The van der Waals surface area contributed by atoms with Gasteiger partial charge in [-0.25, -0.2) is 6.57 Å². The van der Waals surface area contributed by atoms with E-state index in [1.165, 1.54) is 7.11 Å². The Morgan fingerprint density at radius 3 is 2.20 bits per heavy atom. The molecule has 7 nitrogen and oxygen atoms in total. The maximum Gasteiger partial charge on any atom is 0.306 e. The van der Waals surface area contributed by atoms with Crippen molar-refractivity contribution in [3.63, 3.8) is 0 Å². The number of carbonyl (C=O) groups excluding carboxylic acids is 3. The molecule has 0 unspecified atom stereocenters. The highest BCUT2D eigenvalue weighted by Crippen LogP contribution is 2.25. The van der Waals surface area contributed by atoms with Crippen LogP contribution in [-0.2, 0) is 19.1 Å². The minimum atomic E-state index is -0.446. The fourth-order valence-electron chi connectivity index (χ4n) is 2.31. The van der Waals surface area contributed by atoms with E-state index in [9.17, 15) is 14.4 Å². The Hall–Kier alpha value is -2.10. The van der Waals surface area contributed by atoms with Crippen LogP contribution in [0.1, 0.15) is 58.8 Å². The summed E-state index contributed by atoms with van der Waals surface area (Å²) in [6.45, 7) is 11.9. The molecule has 0 rings (SSSR count). The van der Waals surface area contributed by atoms with Crippen molar-refractivity contribution in [2.24, 2.45) is 5.41 Å². The van der Waals surface area contributed by atoms with Crippen LogP contribution in [0.15, 0.2) is 0 Å². The minimum Gasteiger partial charge on any atom is -0.469 e. The zero-order valence-electron chi connectivity index (χ0n) is 15.7. The smallest absolute Gasteiger partial charge is 0.306 e. The van der Waals surface area contributed by atoms with Crippen LogP contribution >= 0.6 is 0 Å². The Bertz CT molecular complexity index is 469. The molecule has 0 aliphatic rings. The maximum atomic E-state index is 11.9. The van der Waals surface area contributed by atoms with Crippen LogP contribution in [0.25, 0.3) is 4.85 Å². The molecule has 142 valence electrons. The van der Waals surface area contributed by atoms with Gasteiger partial charge in [-0.2, -0.15) is 0 Å². The zero-order chi connectivity index (χ0) is 19.1. The van der Waals surface area contributed by atoms with Crippen molar-refractivity contribution < 1.29 is 19.1 Å². The van der Waals surface area contributed by atoms with Crippen LogP contribution in [0.4, 0.5) is 0 Å². The Balaban J connectivity index is 3.70. The number of nitrogens with one attached hydrogen (secondary N) is 2. The summed E-state index contributed by atoms with van der Waals surface area (Å²) >= 11 is 0. The first-order valence-corrected chi connectivity index (χ1v) is 8.74. The molecule has 2 amide bonds. The Morgan fingerprint density at radius 2 is 1.60 bits per heavy atom. The van der Waals surface area contributed by atoms with Crippen molar-refractivity contribution >= 4 is 17.8 Å². The summed E-state index contributed by atoms with van der Waals surface area (Å²) < 4.78 is 4.63. The molecule has 0 aromatic rings. The van der Waals surface area contributed by atoms with Gasteiger partial charge in [0.05, 0.1) is 13.5 Å². The highest BCUT2D eigenvalue weighted by molar-refractivity contribution is 5.78. The van der Waals surface area contributed by atoms with Gasteiger partial charge < -0.3 is 20.2 Å². The topological polar surface area (TPSA) is 88.9 Å². The predicted molar refractivity (Wildman–Crippen MR) is 95.6 cm³/mol. The van der Waals surface area contributed by atoms with Crippen LogP contribution < -0.4 is 10.6 Å². The molecule has 0 heterocycles. The second-order valence-corrected chi connectivity index (χ2v) is 6.84. The number of methoxy groups -OCH3 is 1. The van der Waals surface area contributed by atoms with Crippen molar-refractivity contribution in [3.8, 4) is 0 Å². The van der Waals surface area contributed by atoms with Crippen molar-refractivity contribution in [3.05, 3.63) is 11.4 Å². The fourth-order valence-corrected chi connectivity index (χ4v) is 2.31. The van der Waals surface area contributed by atoms with E-state index < -0.39 is 5.41 Å². The van der Waals surface area contributed by atoms with Gasteiger partial charge in [0.2, 0.25) is 18.4 Å². The zero-order valence-corrected chi connectivity index (χ0v) is 15.7. The molecular weight excluding hydrogens is 322 g/mol. The molecule has 7 heteroatoms. The first kappa shape index (κ1) is 22.9. The van der Waals surface area contributed by atoms with Gasteiger partial charge in [0.15, 0.2) is 0 Å². The molecule has 0 bridgehead atoms. The van der Waals surface area contributed by atoms with E-state index in [0.29, 0.717) is 32.5 Å². The van der Waals surface area contributed by atoms with Gasteiger partial charge in [0.25, 0.3) is 0 Å². The summed E-state index contributed by atoms with van der Waals surface area (Å²) in [7, 11) is 1.33. The van der Waals surface area contributed by atoms with Crippen molar-refractivity contribution in [2.45, 2.75) is 58.8 Å². The molecule has 2 N–H and O–H groups in total. The number of hydrogen-bond donors (Lipinski definition) is 2. The van der Waals surface area contributed by atoms with E-state index in [4.69, 9.17) is 6.57 Å². The van der Waals surface area contributed by atoms with E-state index in [-0.39, 0.29) is 30.6 Å². The molecule has 0 aliphatic carbocycles. The molecule has 0 saturated heterocycles. The highest BCUT2D eigenvalue weighted by Gasteiger charge is 2.25. The van der Waals surface area contributed by atoms with Crippen LogP contribution in [0.2, 0.25) is 0 Å². The van der Waals surface area contributed by atoms with E-state index in [1.54, 1.807) is 0 Å². The van der Waals surface area contributed by atoms with Crippen molar-refractivity contribution in [1.82, 2.24) is 10.6 Å². The SMILES string of the molecule is [C-]#[N+]CCCCCC(=O)NCCCNC(=O)CC(C)(C)CC(=O)OC. The predicted octanol–water partition coefficient (Wildman–Crippen LogP) is 2.07. The highest BCUT2D eigenvalue weighted by atomic mass is 16.5. The Morgan fingerprint density at radius 1 is 0.960 bits per heavy atom. The maximum absolute atomic E-state index is 11.9. The quantitative estimate of drug-likeness (QED) is 0.301. The van der Waals surface area contributed by atoms with Gasteiger partial charge in [-0.05, 0) is 24.7 Å². The molecule has 0 atom stereocenters. The van der Waals surface area contributed by atoms with E-state index in [1.807, 2.05) is 13.8 Å². The van der Waals surface area contributed by atoms with Gasteiger partial charge in [0, 0.05) is 32.4 Å². The van der Waals surface area contributed by atoms with Gasteiger partial charge in [-0.1, -0.05) is 13.8 Å². The van der Waals surface area contributed by atoms with Gasteiger partial charge in [-0.3, -0.25) is 14.4 Å². The largest absolute Gasteiger partial charge is 0.469 e. The lowest BCUT2D eigenvalue weighted by Gasteiger charge is -2.22. The number of rotatable bonds is 13. The summed E-state index contributed by atoms with van der Waals surface area (Å²) in [6, 6.07) is 0. The third kappa shape index (κ3) is 14.0. The Labute approximate surface area is 150 Å². The van der Waals surface area contributed by atoms with Gasteiger partial charge in [-0.15, -0.1) is 0 Å². The Kier molecular flexibility index (Phi) is 12.1. The minimum absolute atomic E-state index is 0.00773. The summed E-state index contributed by atoms with van der Waals surface area (Å²) in [5.41, 5.74) is -0.446. The normalized spacial score (nSPS) is 10.6. The van der Waals surface area contributed by atoms with Crippen LogP contribution in [0, 0.1) is 12.0 Å². The molecule has 0 aliphatic heterocycles. The van der Waals surface area contributed by atoms with Crippen molar-refractivity contribution in [2.75, 3.05) is 26.7 Å². The average molecular weight is 353 g/mol. The summed E-state index contributed by atoms with van der Waals surface area (Å²) in [5, 5.41) is 5.62. The molecule has 0 aromatic carbocycles. The summed E-state index contributed by atoms with van der Waals surface area (Å²) in [6.07, 6.45) is 4.12. The number of amides is 2. The lowest BCUT2D eigenvalue weighted by Crippen LogP contribution is -2.33. The number of hydrogen-bond acceptors (Lipinski definition) is 4. The van der Waals surface area contributed by atoms with Gasteiger partial charge >= 0.3 is 5.97 Å². The van der Waals surface area contributed by atoms with Crippen LogP contribution in [0.3, 0.4) is 0 Å². The lowest BCUT2D eigenvalue weighted by atomic mass is 9.85. The number of carbonyl (C=O) groups is 3. The first-order chi connectivity index (χ1) is 11.8. The third-order valence-corrected chi connectivity index (χ3v) is 3.66. The summed E-state index contributed by atoms with van der Waals surface area (Å²) in [4.78, 5) is 38.0. The van der Waals surface area contributed by atoms with Crippen LogP contribution in [0.5, 0.6) is 0 Å². The van der Waals surface area contributed by atoms with Crippen molar-refractivity contribution in [1.29, 1.82) is 0 Å². The second-order valence-electron chi connectivity index (χ2n) is 6.84. The number of esters is 1. The standard InChI is InChI=1S/C18H31N3O4/c1-18(2,14-17(24)25-4)13-16(23)21-12-8-11-20-15(22)9-6-5-7-10-19-3/h5-14H2,1-2,4H3,(H,20,22)(H,21,23). The number of nitrogens with zero attached hydrogens (tertiary/aromatic N) is 1. The number of unbranched alkanes of at least 4 members (excludes halogenated alkanes) is 2. The first-order valence-electron chi connectivity index (χ1n) is 8.74. The second kappa shape index (κ2) is 13.2. The molecule has 0 spiro atoms. The van der Waals surface area contributed by atoms with Gasteiger partial charge in [0.1, 0.15) is 0 Å². The third-order valence-electron chi connectivity index (χ3n) is 3.66. The average Bonchev–Trinajstić information content (AvgIpc) is 2.53. The fraction of sp³-hybridized carbons (Fsp3) is 0.778. The molecule has 0 aromatic heterocycles. The monoisotopic (exact) mass is 353 g/mol. The van der Waals surface area contributed by atoms with E-state index in [0.717, 1.165) is 19.3 Å². The summed E-state index contributed by atoms with van der Waals surface area (Å²) in [5.74, 6) is -0.428. The molecule has 0 saturated carbocycles. The molecule has 0 radical (unpaired) electrons. The van der Waals surface area contributed by atoms with E-state index >= 15 is 0 Å². The van der Waals surface area contributed by atoms with Crippen LogP contribution in [-0.4, -0.2) is 44.5 Å². The van der Waals surface area contributed by atoms with E-state index in [2.05, 4.69) is 20.2 Å². The molecular formula is C18H31N3O4. The number of ether oxygens (including phenoxy) is 1. The molecule has 0 fully saturated rings. The molecule has 25 heavy (non-hydrogen) atoms.